The van der Waals surface area contributed by atoms with E-state index in [1.165, 1.54) is 46.1 Å². The van der Waals surface area contributed by atoms with Crippen LogP contribution in [0.4, 0.5) is 0 Å². The lowest BCUT2D eigenvalue weighted by molar-refractivity contribution is 0.588. The topological polar surface area (TPSA) is 0 Å². The van der Waals surface area contributed by atoms with Crippen LogP contribution in [0.15, 0.2) is 193 Å². The Morgan fingerprint density at radius 1 is 0.452 bits per heavy atom. The third-order valence-electron chi connectivity index (χ3n) is 7.61. The van der Waals surface area contributed by atoms with Crippen LogP contribution in [0.25, 0.3) is 11.1 Å². The molecule has 0 aliphatic carbocycles. The minimum Gasteiger partial charge on any atom is -0.132 e. The SMILES string of the molecule is CC(C)(C)c1ccc(-c2ccc(Sc3ccccc3)cc2)c(S(c2ccccc2)(c2ccccc2)c2ccccc2)c1. The maximum Gasteiger partial charge on any atom is 0.0122 e. The second kappa shape index (κ2) is 12.1. The van der Waals surface area contributed by atoms with E-state index in [-0.39, 0.29) is 5.41 Å². The molecule has 0 aliphatic rings. The highest BCUT2D eigenvalue weighted by molar-refractivity contribution is 8.34. The molecule has 2 heteroatoms. The predicted octanol–water partition coefficient (Wildman–Crippen LogP) is 12.1. The van der Waals surface area contributed by atoms with Crippen molar-refractivity contribution in [2.45, 2.75) is 55.6 Å². The molecule has 0 nitrogen and oxygen atoms in total. The first-order valence-corrected chi connectivity index (χ1v) is 16.9. The minimum absolute atomic E-state index is 0.0126. The first kappa shape index (κ1) is 28.2. The molecule has 0 atom stereocenters. The molecule has 0 amide bonds. The van der Waals surface area contributed by atoms with E-state index < -0.39 is 10.0 Å². The normalized spacial score (nSPS) is 12.2. The van der Waals surface area contributed by atoms with Gasteiger partial charge in [0.1, 0.15) is 0 Å². The summed E-state index contributed by atoms with van der Waals surface area (Å²) >= 11 is 1.80. The molecule has 6 aromatic rings. The quantitative estimate of drug-likeness (QED) is 0.181. The number of benzene rings is 6. The Morgan fingerprint density at radius 3 is 1.33 bits per heavy atom. The van der Waals surface area contributed by atoms with Crippen molar-refractivity contribution in [3.05, 3.63) is 169 Å². The van der Waals surface area contributed by atoms with Crippen molar-refractivity contribution >= 4 is 21.8 Å². The number of rotatable bonds is 7. The summed E-state index contributed by atoms with van der Waals surface area (Å²) in [6.07, 6.45) is 0. The van der Waals surface area contributed by atoms with E-state index in [4.69, 9.17) is 0 Å². The first-order valence-electron chi connectivity index (χ1n) is 14.4. The molecule has 0 bridgehead atoms. The smallest absolute Gasteiger partial charge is 0.0122 e. The lowest BCUT2D eigenvalue weighted by atomic mass is 9.86. The molecule has 208 valence electrons. The molecule has 0 fully saturated rings. The highest BCUT2D eigenvalue weighted by atomic mass is 32.3. The second-order valence-electron chi connectivity index (χ2n) is 11.5. The van der Waals surface area contributed by atoms with Crippen LogP contribution in [0.1, 0.15) is 26.3 Å². The summed E-state index contributed by atoms with van der Waals surface area (Å²) in [7, 11) is -1.84. The Kier molecular flexibility index (Phi) is 8.11. The molecule has 42 heavy (non-hydrogen) atoms. The number of hydrogen-bond acceptors (Lipinski definition) is 1. The standard InChI is InChI=1S/C40H36S2/c1-40(2,3)32-26-29-38(31-24-27-34(28-25-31)41-33-16-8-4-9-17-33)39(30-32)42(35-18-10-5-11-19-35,36-20-12-6-13-21-36)37-22-14-7-15-23-37/h4-30H,1-3H3. The highest BCUT2D eigenvalue weighted by Crippen LogP contribution is 2.75. The zero-order valence-electron chi connectivity index (χ0n) is 24.4. The van der Waals surface area contributed by atoms with Crippen molar-refractivity contribution in [2.24, 2.45) is 0 Å². The van der Waals surface area contributed by atoms with Crippen molar-refractivity contribution in [3.8, 4) is 11.1 Å². The lowest BCUT2D eigenvalue weighted by Gasteiger charge is -2.44. The molecule has 0 aliphatic heterocycles. The van der Waals surface area contributed by atoms with Crippen LogP contribution in [0.5, 0.6) is 0 Å². The van der Waals surface area contributed by atoms with Gasteiger partial charge in [-0.1, -0.05) is 130 Å². The molecule has 0 heterocycles. The van der Waals surface area contributed by atoms with Gasteiger partial charge in [0.2, 0.25) is 0 Å². The van der Waals surface area contributed by atoms with Crippen molar-refractivity contribution in [1.29, 1.82) is 0 Å². The molecule has 0 radical (unpaired) electrons. The van der Waals surface area contributed by atoms with E-state index in [1.54, 1.807) is 11.8 Å². The Morgan fingerprint density at radius 2 is 0.881 bits per heavy atom. The van der Waals surface area contributed by atoms with Crippen LogP contribution in [0, 0.1) is 0 Å². The van der Waals surface area contributed by atoms with Gasteiger partial charge in [0.05, 0.1) is 0 Å². The lowest BCUT2D eigenvalue weighted by Crippen LogP contribution is -2.13. The van der Waals surface area contributed by atoms with Gasteiger partial charge in [0.25, 0.3) is 0 Å². The zero-order chi connectivity index (χ0) is 29.0. The van der Waals surface area contributed by atoms with Crippen molar-refractivity contribution in [2.75, 3.05) is 0 Å². The van der Waals surface area contributed by atoms with Crippen molar-refractivity contribution in [1.82, 2.24) is 0 Å². The van der Waals surface area contributed by atoms with E-state index in [2.05, 4.69) is 185 Å². The van der Waals surface area contributed by atoms with Gasteiger partial charge < -0.3 is 0 Å². The van der Waals surface area contributed by atoms with Crippen LogP contribution in [-0.4, -0.2) is 0 Å². The largest absolute Gasteiger partial charge is 0.132 e. The third-order valence-corrected chi connectivity index (χ3v) is 12.6. The monoisotopic (exact) mass is 580 g/mol. The van der Waals surface area contributed by atoms with E-state index in [9.17, 15) is 0 Å². The van der Waals surface area contributed by atoms with Crippen LogP contribution < -0.4 is 0 Å². The fourth-order valence-corrected chi connectivity index (χ4v) is 10.4. The summed E-state index contributed by atoms with van der Waals surface area (Å²) in [6.45, 7) is 6.93. The Hall–Kier alpha value is -3.98. The maximum atomic E-state index is 2.50. The molecule has 0 saturated carbocycles. The molecule has 0 N–H and O–H groups in total. The number of hydrogen-bond donors (Lipinski definition) is 0. The van der Waals surface area contributed by atoms with Gasteiger partial charge in [-0.15, -0.1) is 10.0 Å². The average molecular weight is 581 g/mol. The van der Waals surface area contributed by atoms with Gasteiger partial charge in [0.15, 0.2) is 0 Å². The van der Waals surface area contributed by atoms with Gasteiger partial charge in [0, 0.05) is 29.4 Å². The van der Waals surface area contributed by atoms with Gasteiger partial charge >= 0.3 is 0 Å². The average Bonchev–Trinajstić information content (AvgIpc) is 3.04. The molecule has 0 saturated heterocycles. The first-order chi connectivity index (χ1) is 20.5. The van der Waals surface area contributed by atoms with E-state index in [0.29, 0.717) is 0 Å². The van der Waals surface area contributed by atoms with E-state index >= 15 is 0 Å². The summed E-state index contributed by atoms with van der Waals surface area (Å²) in [5.74, 6) is 0. The van der Waals surface area contributed by atoms with Crippen molar-refractivity contribution in [3.63, 3.8) is 0 Å². The molecule has 6 aromatic carbocycles. The Bertz CT molecular complexity index is 1640. The molecule has 6 rings (SSSR count). The van der Waals surface area contributed by atoms with Gasteiger partial charge in [-0.05, 0) is 88.8 Å². The zero-order valence-corrected chi connectivity index (χ0v) is 26.0. The third kappa shape index (κ3) is 5.57. The van der Waals surface area contributed by atoms with Gasteiger partial charge in [-0.2, -0.15) is 0 Å². The minimum atomic E-state index is -1.84. The Balaban J connectivity index is 1.64. The summed E-state index contributed by atoms with van der Waals surface area (Å²) in [6, 6.07) is 60.3. The molecule has 0 spiro atoms. The molecular formula is C40H36S2. The summed E-state index contributed by atoms with van der Waals surface area (Å²) < 4.78 is 0. The van der Waals surface area contributed by atoms with Crippen LogP contribution in [0.3, 0.4) is 0 Å². The highest BCUT2D eigenvalue weighted by Gasteiger charge is 2.36. The molecule has 0 aromatic heterocycles. The second-order valence-corrected chi connectivity index (χ2v) is 15.7. The van der Waals surface area contributed by atoms with E-state index in [1.807, 2.05) is 0 Å². The van der Waals surface area contributed by atoms with E-state index in [0.717, 1.165) is 0 Å². The van der Waals surface area contributed by atoms with Gasteiger partial charge in [-0.3, -0.25) is 0 Å². The van der Waals surface area contributed by atoms with Crippen molar-refractivity contribution < 1.29 is 0 Å². The maximum absolute atomic E-state index is 2.50. The fourth-order valence-electron chi connectivity index (χ4n) is 5.47. The van der Waals surface area contributed by atoms with Gasteiger partial charge in [-0.25, -0.2) is 0 Å². The fraction of sp³-hybridized carbons (Fsp3) is 0.100. The molecule has 0 unspecified atom stereocenters. The van der Waals surface area contributed by atoms with Crippen LogP contribution in [0.2, 0.25) is 0 Å². The van der Waals surface area contributed by atoms with Crippen LogP contribution in [-0.2, 0) is 5.41 Å². The Labute approximate surface area is 256 Å². The summed E-state index contributed by atoms with van der Waals surface area (Å²) in [5.41, 5.74) is 3.88. The summed E-state index contributed by atoms with van der Waals surface area (Å²) in [4.78, 5) is 7.89. The molecular weight excluding hydrogens is 545 g/mol. The predicted molar refractivity (Wildman–Crippen MR) is 181 cm³/mol. The van der Waals surface area contributed by atoms with Crippen LogP contribution >= 0.6 is 21.8 Å². The summed E-state index contributed by atoms with van der Waals surface area (Å²) in [5, 5.41) is 0.